The van der Waals surface area contributed by atoms with Gasteiger partial charge in [0, 0.05) is 10.8 Å². The molecule has 1 heterocycles. The van der Waals surface area contributed by atoms with Gasteiger partial charge < -0.3 is 4.42 Å². The van der Waals surface area contributed by atoms with Gasteiger partial charge in [0.2, 0.25) is 0 Å². The molecule has 9 rings (SSSR count). The number of fused-ring (bicyclic) bond motifs is 8. The van der Waals surface area contributed by atoms with Gasteiger partial charge in [-0.05, 0) is 79.5 Å². The van der Waals surface area contributed by atoms with Crippen LogP contribution < -0.4 is 0 Å². The molecule has 42 heavy (non-hydrogen) atoms. The van der Waals surface area contributed by atoms with Crippen LogP contribution in [0, 0.1) is 0 Å². The lowest BCUT2D eigenvalue weighted by molar-refractivity contribution is 0.669. The van der Waals surface area contributed by atoms with Crippen LogP contribution in [0.2, 0.25) is 0 Å². The third-order valence-corrected chi connectivity index (χ3v) is 9.14. The zero-order valence-electron chi connectivity index (χ0n) is 22.9. The minimum atomic E-state index is -0.435. The molecule has 8 aromatic rings. The molecule has 1 heteroatoms. The van der Waals surface area contributed by atoms with Crippen molar-refractivity contribution < 1.29 is 4.42 Å². The quantitative estimate of drug-likeness (QED) is 0.220. The molecule has 0 unspecified atom stereocenters. The van der Waals surface area contributed by atoms with Gasteiger partial charge in [0.05, 0.1) is 5.41 Å². The molecule has 1 nitrogen and oxygen atoms in total. The summed E-state index contributed by atoms with van der Waals surface area (Å²) in [4.78, 5) is 0. The number of hydrogen-bond donors (Lipinski definition) is 0. The zero-order valence-corrected chi connectivity index (χ0v) is 22.9. The molecule has 0 radical (unpaired) electrons. The van der Waals surface area contributed by atoms with Gasteiger partial charge in [-0.3, -0.25) is 0 Å². The second-order valence-corrected chi connectivity index (χ2v) is 11.3. The molecule has 0 fully saturated rings. The molecular weight excluding hydrogens is 508 g/mol. The molecule has 0 saturated heterocycles. The van der Waals surface area contributed by atoms with E-state index in [2.05, 4.69) is 146 Å². The van der Waals surface area contributed by atoms with Gasteiger partial charge >= 0.3 is 0 Å². The average molecular weight is 535 g/mol. The van der Waals surface area contributed by atoms with E-state index in [1.807, 2.05) is 12.1 Å². The van der Waals surface area contributed by atoms with E-state index in [0.717, 1.165) is 27.5 Å². The predicted octanol–water partition coefficient (Wildman–Crippen LogP) is 10.8. The Kier molecular flexibility index (Phi) is 4.88. The topological polar surface area (TPSA) is 13.1 Å². The smallest absolute Gasteiger partial charge is 0.136 e. The first-order valence-corrected chi connectivity index (χ1v) is 14.5. The van der Waals surface area contributed by atoms with E-state index in [1.54, 1.807) is 0 Å². The highest BCUT2D eigenvalue weighted by Gasteiger charge is 2.46. The monoisotopic (exact) mass is 534 g/mol. The molecule has 0 atom stereocenters. The van der Waals surface area contributed by atoms with Gasteiger partial charge in [-0.25, -0.2) is 0 Å². The Morgan fingerprint density at radius 2 is 1.02 bits per heavy atom. The van der Waals surface area contributed by atoms with Crippen molar-refractivity contribution in [2.24, 2.45) is 0 Å². The fourth-order valence-electron chi connectivity index (χ4n) is 7.36. The van der Waals surface area contributed by atoms with Crippen molar-refractivity contribution in [1.82, 2.24) is 0 Å². The third-order valence-electron chi connectivity index (χ3n) is 9.14. The molecule has 0 aliphatic heterocycles. The summed E-state index contributed by atoms with van der Waals surface area (Å²) in [5, 5.41) is 4.83. The fraction of sp³-hybridized carbons (Fsp3) is 0.0244. The SMILES string of the molecule is c1ccc(C2(c3ccccc3)c3ccccc3-c3ccc4ccc(-c5ccc6c(c5)oc5ccccc56)cc4c32)cc1. The van der Waals surface area contributed by atoms with Gasteiger partial charge in [-0.15, -0.1) is 0 Å². The third kappa shape index (κ3) is 3.14. The van der Waals surface area contributed by atoms with E-state index in [4.69, 9.17) is 4.42 Å². The molecule has 7 aromatic carbocycles. The molecule has 0 amide bonds. The van der Waals surface area contributed by atoms with Crippen LogP contribution in [0.15, 0.2) is 162 Å². The first-order chi connectivity index (χ1) is 20.8. The Bertz CT molecular complexity index is 2250. The van der Waals surface area contributed by atoms with Crippen molar-refractivity contribution >= 4 is 32.7 Å². The van der Waals surface area contributed by atoms with E-state index in [9.17, 15) is 0 Å². The summed E-state index contributed by atoms with van der Waals surface area (Å²) in [5.74, 6) is 0. The van der Waals surface area contributed by atoms with Crippen LogP contribution >= 0.6 is 0 Å². The average Bonchev–Trinajstić information content (AvgIpc) is 3.59. The molecule has 0 spiro atoms. The Balaban J connectivity index is 1.36. The molecule has 1 aliphatic carbocycles. The van der Waals surface area contributed by atoms with Crippen LogP contribution in [-0.4, -0.2) is 0 Å². The van der Waals surface area contributed by atoms with E-state index in [1.165, 1.54) is 49.7 Å². The van der Waals surface area contributed by atoms with Crippen LogP contribution in [0.25, 0.3) is 55.0 Å². The zero-order chi connectivity index (χ0) is 27.7. The maximum Gasteiger partial charge on any atom is 0.136 e. The number of hydrogen-bond acceptors (Lipinski definition) is 1. The molecule has 0 saturated carbocycles. The summed E-state index contributed by atoms with van der Waals surface area (Å²) in [6.45, 7) is 0. The maximum atomic E-state index is 6.27. The Morgan fingerprint density at radius 1 is 0.405 bits per heavy atom. The first kappa shape index (κ1) is 23.3. The van der Waals surface area contributed by atoms with Gasteiger partial charge in [0.25, 0.3) is 0 Å². The summed E-state index contributed by atoms with van der Waals surface area (Å²) >= 11 is 0. The molecule has 1 aromatic heterocycles. The summed E-state index contributed by atoms with van der Waals surface area (Å²) in [6.07, 6.45) is 0. The fourth-order valence-corrected chi connectivity index (χ4v) is 7.36. The standard InChI is InChI=1S/C41H26O/c1-3-11-30(12-4-1)41(31-13-5-2-6-14-31)37-17-9-7-15-32(37)35-24-21-27-19-20-28(25-36(27)40(35)41)29-22-23-34-33-16-8-10-18-38(33)42-39(34)26-29/h1-26H. The van der Waals surface area contributed by atoms with Crippen molar-refractivity contribution in [3.63, 3.8) is 0 Å². The second-order valence-electron chi connectivity index (χ2n) is 11.3. The van der Waals surface area contributed by atoms with E-state index >= 15 is 0 Å². The minimum Gasteiger partial charge on any atom is -0.456 e. The van der Waals surface area contributed by atoms with Crippen molar-refractivity contribution in [1.29, 1.82) is 0 Å². The van der Waals surface area contributed by atoms with E-state index < -0.39 is 5.41 Å². The minimum absolute atomic E-state index is 0.435. The van der Waals surface area contributed by atoms with E-state index in [-0.39, 0.29) is 0 Å². The van der Waals surface area contributed by atoms with Gasteiger partial charge in [-0.1, -0.05) is 133 Å². The lowest BCUT2D eigenvalue weighted by atomic mass is 9.66. The highest BCUT2D eigenvalue weighted by molar-refractivity contribution is 6.06. The lowest BCUT2D eigenvalue weighted by Crippen LogP contribution is -2.28. The first-order valence-electron chi connectivity index (χ1n) is 14.5. The van der Waals surface area contributed by atoms with Crippen molar-refractivity contribution in [3.8, 4) is 22.3 Å². The van der Waals surface area contributed by atoms with E-state index in [0.29, 0.717) is 0 Å². The highest BCUT2D eigenvalue weighted by atomic mass is 16.3. The van der Waals surface area contributed by atoms with Crippen LogP contribution in [0.4, 0.5) is 0 Å². The normalized spacial score (nSPS) is 13.4. The number of furan rings is 1. The molecule has 196 valence electrons. The summed E-state index contributed by atoms with van der Waals surface area (Å²) in [7, 11) is 0. The van der Waals surface area contributed by atoms with Gasteiger partial charge in [-0.2, -0.15) is 0 Å². The Labute approximate surface area is 244 Å². The largest absolute Gasteiger partial charge is 0.456 e. The van der Waals surface area contributed by atoms with Crippen molar-refractivity contribution in [2.45, 2.75) is 5.41 Å². The second kappa shape index (κ2) is 8.80. The summed E-state index contributed by atoms with van der Waals surface area (Å²) in [5.41, 5.74) is 11.6. The Hall–Kier alpha value is -5.40. The number of rotatable bonds is 3. The number of benzene rings is 7. The highest BCUT2D eigenvalue weighted by Crippen LogP contribution is 2.58. The molecular formula is C41H26O. The number of para-hydroxylation sites is 1. The summed E-state index contributed by atoms with van der Waals surface area (Å²) < 4.78 is 6.27. The van der Waals surface area contributed by atoms with Crippen LogP contribution in [0.1, 0.15) is 22.3 Å². The van der Waals surface area contributed by atoms with Crippen LogP contribution in [0.3, 0.4) is 0 Å². The predicted molar refractivity (Wildman–Crippen MR) is 174 cm³/mol. The van der Waals surface area contributed by atoms with Gasteiger partial charge in [0.15, 0.2) is 0 Å². The van der Waals surface area contributed by atoms with Crippen molar-refractivity contribution in [2.75, 3.05) is 0 Å². The summed E-state index contributed by atoms with van der Waals surface area (Å²) in [6, 6.07) is 57.4. The molecule has 0 bridgehead atoms. The molecule has 0 N–H and O–H groups in total. The van der Waals surface area contributed by atoms with Crippen LogP contribution in [0.5, 0.6) is 0 Å². The van der Waals surface area contributed by atoms with Crippen molar-refractivity contribution in [3.05, 3.63) is 180 Å². The van der Waals surface area contributed by atoms with Gasteiger partial charge in [0.1, 0.15) is 11.2 Å². The molecule has 1 aliphatic rings. The lowest BCUT2D eigenvalue weighted by Gasteiger charge is -2.34. The maximum absolute atomic E-state index is 6.27. The van der Waals surface area contributed by atoms with Crippen LogP contribution in [-0.2, 0) is 5.41 Å². The Morgan fingerprint density at radius 3 is 1.83 bits per heavy atom.